The van der Waals surface area contributed by atoms with Gasteiger partial charge in [0, 0.05) is 47.6 Å². The molecule has 0 aliphatic carbocycles. The molecule has 2 saturated heterocycles. The SMILES string of the molecule is O=C1CC2(CCN(C(=O)[C@](O)(c3cc(Cl)cc(Cl)c3)C(F)(F)F)CC2)[C@H](c2ccc(F)cc2)CN1. The van der Waals surface area contributed by atoms with Crippen LogP contribution in [0.2, 0.25) is 10.0 Å². The predicted molar refractivity (Wildman–Crippen MR) is 121 cm³/mol. The second-order valence-corrected chi connectivity index (χ2v) is 9.98. The highest BCUT2D eigenvalue weighted by Crippen LogP contribution is 2.50. The second kappa shape index (κ2) is 9.26. The van der Waals surface area contributed by atoms with Crippen molar-refractivity contribution in [2.24, 2.45) is 5.41 Å². The van der Waals surface area contributed by atoms with E-state index in [2.05, 4.69) is 5.32 Å². The maximum Gasteiger partial charge on any atom is 0.430 e. The van der Waals surface area contributed by atoms with Gasteiger partial charge in [-0.2, -0.15) is 13.2 Å². The molecule has 35 heavy (non-hydrogen) atoms. The number of carbonyl (C=O) groups is 2. The normalized spacial score (nSPS) is 22.0. The number of aliphatic hydroxyl groups is 1. The van der Waals surface area contributed by atoms with Crippen LogP contribution in [0.3, 0.4) is 0 Å². The molecule has 0 bridgehead atoms. The number of hydrogen-bond acceptors (Lipinski definition) is 3. The summed E-state index contributed by atoms with van der Waals surface area (Å²) in [6, 6.07) is 8.81. The van der Waals surface area contributed by atoms with Crippen LogP contribution in [0.4, 0.5) is 17.6 Å². The molecule has 0 aromatic heterocycles. The van der Waals surface area contributed by atoms with Crippen molar-refractivity contribution in [1.29, 1.82) is 0 Å². The number of benzene rings is 2. The fourth-order valence-electron chi connectivity index (χ4n) is 5.18. The van der Waals surface area contributed by atoms with E-state index >= 15 is 0 Å². The molecule has 2 aromatic rings. The number of nitrogens with one attached hydrogen (secondary N) is 1. The third-order valence-corrected chi connectivity index (χ3v) is 7.51. The Hall–Kier alpha value is -2.36. The summed E-state index contributed by atoms with van der Waals surface area (Å²) in [4.78, 5) is 26.4. The van der Waals surface area contributed by atoms with Gasteiger partial charge in [-0.05, 0) is 54.2 Å². The van der Waals surface area contributed by atoms with Crippen LogP contribution in [-0.4, -0.2) is 47.6 Å². The Labute approximate surface area is 209 Å². The number of piperidine rings is 2. The summed E-state index contributed by atoms with van der Waals surface area (Å²) in [6.07, 6.45) is -4.74. The van der Waals surface area contributed by atoms with Crippen LogP contribution in [-0.2, 0) is 15.2 Å². The van der Waals surface area contributed by atoms with Gasteiger partial charge in [0.2, 0.25) is 5.91 Å². The van der Waals surface area contributed by atoms with Crippen molar-refractivity contribution >= 4 is 35.0 Å². The fraction of sp³-hybridized carbons (Fsp3) is 0.417. The number of alkyl halides is 3. The molecule has 0 unspecified atom stereocenters. The quantitative estimate of drug-likeness (QED) is 0.558. The topological polar surface area (TPSA) is 69.6 Å². The summed E-state index contributed by atoms with van der Waals surface area (Å²) in [6.45, 7) is 0.0961. The molecule has 2 atom stereocenters. The molecule has 2 fully saturated rings. The van der Waals surface area contributed by atoms with Crippen LogP contribution in [0.15, 0.2) is 42.5 Å². The highest BCUT2D eigenvalue weighted by Gasteiger charge is 2.63. The van der Waals surface area contributed by atoms with Crippen LogP contribution in [0.1, 0.15) is 36.3 Å². The van der Waals surface area contributed by atoms with Crippen molar-refractivity contribution in [2.75, 3.05) is 19.6 Å². The molecule has 5 nitrogen and oxygen atoms in total. The number of rotatable bonds is 3. The van der Waals surface area contributed by atoms with Gasteiger partial charge in [0.15, 0.2) is 0 Å². The molecule has 0 saturated carbocycles. The Kier molecular flexibility index (Phi) is 6.81. The monoisotopic (exact) mass is 532 g/mol. The minimum atomic E-state index is -5.34. The standard InChI is InChI=1S/C24H22Cl2F4N2O3/c25-16-9-15(10-17(26)11-16)23(35,24(28,29)30)21(34)32-7-5-22(6-8-32)12-20(33)31-13-19(22)14-1-3-18(27)4-2-14/h1-4,9-11,19,35H,5-8,12-13H2,(H,31,33)/t19-,23+/m0/s1. The number of carbonyl (C=O) groups excluding carboxylic acids is 2. The zero-order chi connectivity index (χ0) is 25.6. The van der Waals surface area contributed by atoms with E-state index in [1.807, 2.05) is 0 Å². The third kappa shape index (κ3) is 4.73. The number of likely N-dealkylation sites (tertiary alicyclic amines) is 1. The molecule has 2 heterocycles. The fourth-order valence-corrected chi connectivity index (χ4v) is 5.71. The molecular formula is C24H22Cl2F4N2O3. The number of amides is 2. The van der Waals surface area contributed by atoms with E-state index in [9.17, 15) is 32.3 Å². The first-order valence-electron chi connectivity index (χ1n) is 10.9. The minimum Gasteiger partial charge on any atom is -0.368 e. The average Bonchev–Trinajstić information content (AvgIpc) is 2.78. The maximum absolute atomic E-state index is 14.1. The van der Waals surface area contributed by atoms with Crippen molar-refractivity contribution < 1.29 is 32.3 Å². The number of hydrogen-bond donors (Lipinski definition) is 2. The average molecular weight is 533 g/mol. The molecule has 4 rings (SSSR count). The van der Waals surface area contributed by atoms with E-state index in [1.54, 1.807) is 12.1 Å². The Bertz CT molecular complexity index is 1110. The molecule has 2 amide bonds. The van der Waals surface area contributed by atoms with Gasteiger partial charge in [-0.3, -0.25) is 9.59 Å². The van der Waals surface area contributed by atoms with E-state index < -0.39 is 34.5 Å². The van der Waals surface area contributed by atoms with Gasteiger partial charge in [0.1, 0.15) is 5.82 Å². The van der Waals surface area contributed by atoms with Crippen LogP contribution < -0.4 is 5.32 Å². The summed E-state index contributed by atoms with van der Waals surface area (Å²) in [7, 11) is 0. The van der Waals surface area contributed by atoms with Gasteiger partial charge in [-0.1, -0.05) is 35.3 Å². The summed E-state index contributed by atoms with van der Waals surface area (Å²) < 4.78 is 55.8. The molecule has 188 valence electrons. The van der Waals surface area contributed by atoms with Crippen molar-refractivity contribution in [3.05, 3.63) is 69.5 Å². The smallest absolute Gasteiger partial charge is 0.368 e. The van der Waals surface area contributed by atoms with Gasteiger partial charge in [0.05, 0.1) is 0 Å². The van der Waals surface area contributed by atoms with E-state index in [1.165, 1.54) is 18.2 Å². The highest BCUT2D eigenvalue weighted by atomic mass is 35.5. The first-order chi connectivity index (χ1) is 16.4. The van der Waals surface area contributed by atoms with E-state index in [0.717, 1.165) is 22.6 Å². The zero-order valence-electron chi connectivity index (χ0n) is 18.3. The lowest BCUT2D eigenvalue weighted by Crippen LogP contribution is -2.59. The van der Waals surface area contributed by atoms with Crippen LogP contribution >= 0.6 is 23.2 Å². The molecule has 2 aromatic carbocycles. The van der Waals surface area contributed by atoms with Crippen molar-refractivity contribution in [1.82, 2.24) is 10.2 Å². The lowest BCUT2D eigenvalue weighted by Gasteiger charge is -2.50. The van der Waals surface area contributed by atoms with Gasteiger partial charge in [-0.15, -0.1) is 0 Å². The maximum atomic E-state index is 14.1. The van der Waals surface area contributed by atoms with Crippen LogP contribution in [0.25, 0.3) is 0 Å². The molecule has 11 heteroatoms. The summed E-state index contributed by atoms with van der Waals surface area (Å²) in [5.74, 6) is -2.33. The Morgan fingerprint density at radius 3 is 2.17 bits per heavy atom. The minimum absolute atomic E-state index is 0.101. The number of nitrogens with zero attached hydrogens (tertiary/aromatic N) is 1. The highest BCUT2D eigenvalue weighted by molar-refractivity contribution is 6.34. The van der Waals surface area contributed by atoms with Crippen molar-refractivity contribution in [2.45, 2.75) is 37.0 Å². The van der Waals surface area contributed by atoms with Gasteiger partial charge < -0.3 is 15.3 Å². The third-order valence-electron chi connectivity index (χ3n) is 7.07. The number of halogens is 6. The molecule has 2 aliphatic heterocycles. The van der Waals surface area contributed by atoms with E-state index in [4.69, 9.17) is 23.2 Å². The summed E-state index contributed by atoms with van der Waals surface area (Å²) >= 11 is 11.7. The molecular weight excluding hydrogens is 511 g/mol. The first kappa shape index (κ1) is 25.7. The van der Waals surface area contributed by atoms with Crippen LogP contribution in [0, 0.1) is 11.2 Å². The van der Waals surface area contributed by atoms with Gasteiger partial charge in [-0.25, -0.2) is 4.39 Å². The molecule has 1 spiro atoms. The largest absolute Gasteiger partial charge is 0.430 e. The lowest BCUT2D eigenvalue weighted by molar-refractivity contribution is -0.262. The summed E-state index contributed by atoms with van der Waals surface area (Å²) in [5, 5.41) is 13.2. The van der Waals surface area contributed by atoms with Crippen molar-refractivity contribution in [3.8, 4) is 0 Å². The first-order valence-corrected chi connectivity index (χ1v) is 11.7. The lowest BCUT2D eigenvalue weighted by atomic mass is 9.62. The van der Waals surface area contributed by atoms with Gasteiger partial charge >= 0.3 is 6.18 Å². The Morgan fingerprint density at radius 2 is 1.63 bits per heavy atom. The predicted octanol–water partition coefficient (Wildman–Crippen LogP) is 4.79. The van der Waals surface area contributed by atoms with Gasteiger partial charge in [0.25, 0.3) is 11.5 Å². The van der Waals surface area contributed by atoms with Crippen LogP contribution in [0.5, 0.6) is 0 Å². The zero-order valence-corrected chi connectivity index (χ0v) is 19.9. The Balaban J connectivity index is 1.62. The van der Waals surface area contributed by atoms with Crippen molar-refractivity contribution in [3.63, 3.8) is 0 Å². The van der Waals surface area contributed by atoms with E-state index in [-0.39, 0.29) is 54.2 Å². The molecule has 2 aliphatic rings. The Morgan fingerprint density at radius 1 is 1.06 bits per heavy atom. The molecule has 2 N–H and O–H groups in total. The molecule has 0 radical (unpaired) electrons. The second-order valence-electron chi connectivity index (χ2n) is 9.11. The van der Waals surface area contributed by atoms with E-state index in [0.29, 0.717) is 6.54 Å². The summed E-state index contributed by atoms with van der Waals surface area (Å²) in [5.41, 5.74) is -4.43.